The standard InChI is InChI=1S/C19H22N2O4S3/c1-5-14-11-26-19(20-14)17-8-9-18(27-17)28(22,23)21-12(2)13-6-7-15(24-3)16(10-13)25-4/h6-12,21H,5H2,1-4H3/t12-/m0/s1. The highest BCUT2D eigenvalue weighted by molar-refractivity contribution is 7.91. The van der Waals surface area contributed by atoms with Crippen molar-refractivity contribution in [2.24, 2.45) is 0 Å². The molecule has 9 heteroatoms. The van der Waals surface area contributed by atoms with Gasteiger partial charge in [-0.1, -0.05) is 13.0 Å². The minimum atomic E-state index is -3.66. The second-order valence-corrected chi connectivity index (χ2v) is 9.96. The van der Waals surface area contributed by atoms with E-state index in [2.05, 4.69) is 9.71 Å². The normalized spacial score (nSPS) is 12.7. The molecule has 2 aromatic heterocycles. The molecule has 0 saturated heterocycles. The van der Waals surface area contributed by atoms with E-state index < -0.39 is 16.1 Å². The number of nitrogens with one attached hydrogen (secondary N) is 1. The zero-order valence-corrected chi connectivity index (χ0v) is 18.5. The Morgan fingerprint density at radius 1 is 1.14 bits per heavy atom. The van der Waals surface area contributed by atoms with Crippen LogP contribution in [0, 0.1) is 0 Å². The molecule has 3 aromatic rings. The van der Waals surface area contributed by atoms with E-state index in [0.29, 0.717) is 11.5 Å². The van der Waals surface area contributed by atoms with Crippen molar-refractivity contribution in [2.45, 2.75) is 30.5 Å². The van der Waals surface area contributed by atoms with Crippen LogP contribution < -0.4 is 14.2 Å². The number of nitrogens with zero attached hydrogens (tertiary/aromatic N) is 1. The fraction of sp³-hybridized carbons (Fsp3) is 0.316. The fourth-order valence-electron chi connectivity index (χ4n) is 2.64. The Hall–Kier alpha value is -1.94. The number of rotatable bonds is 8. The van der Waals surface area contributed by atoms with Gasteiger partial charge in [0.05, 0.1) is 24.8 Å². The topological polar surface area (TPSA) is 77.5 Å². The Balaban J connectivity index is 1.80. The third-order valence-corrected chi connectivity index (χ3v) is 8.39. The van der Waals surface area contributed by atoms with E-state index in [1.165, 1.54) is 22.7 Å². The van der Waals surface area contributed by atoms with Gasteiger partial charge >= 0.3 is 0 Å². The zero-order chi connectivity index (χ0) is 20.3. The third-order valence-electron chi connectivity index (χ3n) is 4.21. The second-order valence-electron chi connectivity index (χ2n) is 6.07. The molecule has 0 fully saturated rings. The summed E-state index contributed by atoms with van der Waals surface area (Å²) in [5.74, 6) is 1.15. The minimum Gasteiger partial charge on any atom is -0.493 e. The predicted octanol–water partition coefficient (Wildman–Crippen LogP) is 4.49. The summed E-state index contributed by atoms with van der Waals surface area (Å²) in [6, 6.07) is 8.34. The molecule has 0 aliphatic rings. The van der Waals surface area contributed by atoms with Gasteiger partial charge in [0, 0.05) is 11.4 Å². The number of benzene rings is 1. The third kappa shape index (κ3) is 4.38. The molecule has 1 atom stereocenters. The van der Waals surface area contributed by atoms with Gasteiger partial charge in [0.2, 0.25) is 0 Å². The van der Waals surface area contributed by atoms with Crippen molar-refractivity contribution in [1.29, 1.82) is 0 Å². The van der Waals surface area contributed by atoms with Gasteiger partial charge in [0.25, 0.3) is 10.0 Å². The average Bonchev–Trinajstić information content (AvgIpc) is 3.36. The number of ether oxygens (including phenoxy) is 2. The molecule has 0 aliphatic carbocycles. The highest BCUT2D eigenvalue weighted by atomic mass is 32.2. The van der Waals surface area contributed by atoms with Crippen LogP contribution in [0.4, 0.5) is 0 Å². The maximum absolute atomic E-state index is 12.8. The second kappa shape index (κ2) is 8.60. The number of sulfonamides is 1. The van der Waals surface area contributed by atoms with E-state index in [1.54, 1.807) is 45.4 Å². The molecular formula is C19H22N2O4S3. The van der Waals surface area contributed by atoms with Crippen LogP contribution in [0.2, 0.25) is 0 Å². The summed E-state index contributed by atoms with van der Waals surface area (Å²) >= 11 is 2.75. The average molecular weight is 439 g/mol. The summed E-state index contributed by atoms with van der Waals surface area (Å²) < 4.78 is 39.2. The van der Waals surface area contributed by atoms with Crippen LogP contribution in [0.25, 0.3) is 9.88 Å². The van der Waals surface area contributed by atoms with E-state index in [9.17, 15) is 8.42 Å². The molecule has 0 saturated carbocycles. The lowest BCUT2D eigenvalue weighted by Gasteiger charge is -2.16. The molecule has 0 bridgehead atoms. The zero-order valence-electron chi connectivity index (χ0n) is 16.1. The van der Waals surface area contributed by atoms with Crippen LogP contribution in [0.5, 0.6) is 11.5 Å². The molecule has 1 aromatic carbocycles. The lowest BCUT2D eigenvalue weighted by Crippen LogP contribution is -2.26. The molecule has 0 spiro atoms. The van der Waals surface area contributed by atoms with E-state index in [-0.39, 0.29) is 4.21 Å². The Labute approximate surface area is 173 Å². The van der Waals surface area contributed by atoms with Crippen LogP contribution in [0.15, 0.2) is 39.9 Å². The van der Waals surface area contributed by atoms with E-state index >= 15 is 0 Å². The van der Waals surface area contributed by atoms with Gasteiger partial charge in [-0.2, -0.15) is 0 Å². The maximum Gasteiger partial charge on any atom is 0.250 e. The molecule has 150 valence electrons. The summed E-state index contributed by atoms with van der Waals surface area (Å²) in [6.07, 6.45) is 0.859. The van der Waals surface area contributed by atoms with Crippen LogP contribution in [0.1, 0.15) is 31.1 Å². The quantitative estimate of drug-likeness (QED) is 0.561. The van der Waals surface area contributed by atoms with Crippen molar-refractivity contribution in [2.75, 3.05) is 14.2 Å². The smallest absolute Gasteiger partial charge is 0.250 e. The van der Waals surface area contributed by atoms with Crippen molar-refractivity contribution >= 4 is 32.7 Å². The largest absolute Gasteiger partial charge is 0.493 e. The maximum atomic E-state index is 12.8. The van der Waals surface area contributed by atoms with Crippen LogP contribution in [0.3, 0.4) is 0 Å². The van der Waals surface area contributed by atoms with Gasteiger partial charge in [-0.05, 0) is 43.2 Å². The SMILES string of the molecule is CCc1csc(-c2ccc(S(=O)(=O)N[C@@H](C)c3ccc(OC)c(OC)c3)s2)n1. The first kappa shape index (κ1) is 20.8. The number of thiophene rings is 1. The summed E-state index contributed by atoms with van der Waals surface area (Å²) in [4.78, 5) is 5.38. The monoisotopic (exact) mass is 438 g/mol. The van der Waals surface area contributed by atoms with E-state index in [4.69, 9.17) is 9.47 Å². The Morgan fingerprint density at radius 3 is 2.54 bits per heavy atom. The Kier molecular flexibility index (Phi) is 6.39. The van der Waals surface area contributed by atoms with Crippen molar-refractivity contribution in [3.63, 3.8) is 0 Å². The van der Waals surface area contributed by atoms with Gasteiger partial charge in [-0.15, -0.1) is 22.7 Å². The molecule has 0 unspecified atom stereocenters. The molecule has 0 amide bonds. The van der Waals surface area contributed by atoms with E-state index in [1.807, 2.05) is 18.4 Å². The molecule has 1 N–H and O–H groups in total. The van der Waals surface area contributed by atoms with Gasteiger partial charge < -0.3 is 9.47 Å². The predicted molar refractivity (Wildman–Crippen MR) is 113 cm³/mol. The van der Waals surface area contributed by atoms with Gasteiger partial charge in [0.15, 0.2) is 11.5 Å². The highest BCUT2D eigenvalue weighted by Gasteiger charge is 2.22. The molecule has 28 heavy (non-hydrogen) atoms. The van der Waals surface area contributed by atoms with Crippen LogP contribution in [-0.2, 0) is 16.4 Å². The number of aromatic nitrogens is 1. The fourth-order valence-corrected chi connectivity index (χ4v) is 6.17. The van der Waals surface area contributed by atoms with Crippen molar-refractivity contribution < 1.29 is 17.9 Å². The lowest BCUT2D eigenvalue weighted by molar-refractivity contribution is 0.354. The van der Waals surface area contributed by atoms with E-state index in [0.717, 1.165) is 27.6 Å². The highest BCUT2D eigenvalue weighted by Crippen LogP contribution is 2.34. The molecule has 2 heterocycles. The van der Waals surface area contributed by atoms with Crippen molar-refractivity contribution in [3.05, 3.63) is 47.0 Å². The molecule has 0 aliphatic heterocycles. The van der Waals surface area contributed by atoms with Crippen molar-refractivity contribution in [3.8, 4) is 21.4 Å². The minimum absolute atomic E-state index is 0.267. The summed E-state index contributed by atoms with van der Waals surface area (Å²) in [5.41, 5.74) is 1.79. The summed E-state index contributed by atoms with van der Waals surface area (Å²) in [6.45, 7) is 3.84. The first-order valence-corrected chi connectivity index (χ1v) is 11.8. The molecule has 6 nitrogen and oxygen atoms in total. The van der Waals surface area contributed by atoms with Gasteiger partial charge in [-0.3, -0.25) is 0 Å². The number of methoxy groups -OCH3 is 2. The number of hydrogen-bond acceptors (Lipinski definition) is 7. The first-order chi connectivity index (χ1) is 13.4. The molecule has 0 radical (unpaired) electrons. The van der Waals surface area contributed by atoms with Crippen LogP contribution in [-0.4, -0.2) is 27.6 Å². The first-order valence-electron chi connectivity index (χ1n) is 8.66. The Morgan fingerprint density at radius 2 is 1.89 bits per heavy atom. The van der Waals surface area contributed by atoms with Gasteiger partial charge in [-0.25, -0.2) is 18.1 Å². The molecular weight excluding hydrogens is 416 g/mol. The number of aryl methyl sites for hydroxylation is 1. The van der Waals surface area contributed by atoms with Gasteiger partial charge in [0.1, 0.15) is 9.22 Å². The summed E-state index contributed by atoms with van der Waals surface area (Å²) in [7, 11) is -0.548. The number of thiazole rings is 1. The summed E-state index contributed by atoms with van der Waals surface area (Å²) in [5, 5.41) is 2.84. The number of hydrogen-bond donors (Lipinski definition) is 1. The molecule has 3 rings (SSSR count). The van der Waals surface area contributed by atoms with Crippen molar-refractivity contribution in [1.82, 2.24) is 9.71 Å². The lowest BCUT2D eigenvalue weighted by atomic mass is 10.1. The van der Waals surface area contributed by atoms with Crippen LogP contribution >= 0.6 is 22.7 Å². The Bertz CT molecular complexity index is 1060.